The molecule has 30 heavy (non-hydrogen) atoms. The Morgan fingerprint density at radius 2 is 2.10 bits per heavy atom. The van der Waals surface area contributed by atoms with E-state index in [9.17, 15) is 9.18 Å². The Balaban J connectivity index is 1.60. The SMILES string of the molecule is CC1CN(C(CNC(=O)c2[nH]c3ccccc3c2Cl)c2c(F)cccc2Cl)CCO1. The number of nitrogens with one attached hydrogen (secondary N) is 2. The number of nitrogens with zero attached hydrogens (tertiary/aromatic N) is 1. The molecular formula is C22H22Cl2FN3O2. The van der Waals surface area contributed by atoms with E-state index < -0.39 is 11.9 Å². The lowest BCUT2D eigenvalue weighted by Gasteiger charge is -2.38. The smallest absolute Gasteiger partial charge is 0.269 e. The maximum atomic E-state index is 14.7. The summed E-state index contributed by atoms with van der Waals surface area (Å²) in [5.41, 5.74) is 1.44. The molecule has 0 spiro atoms. The number of para-hydroxylation sites is 1. The molecule has 0 saturated carbocycles. The van der Waals surface area contributed by atoms with Gasteiger partial charge in [0.15, 0.2) is 0 Å². The molecule has 0 radical (unpaired) electrons. The number of H-pyrrole nitrogens is 1. The Hall–Kier alpha value is -2.12. The first-order chi connectivity index (χ1) is 14.5. The van der Waals surface area contributed by atoms with Gasteiger partial charge in [0.25, 0.3) is 5.91 Å². The lowest BCUT2D eigenvalue weighted by molar-refractivity contribution is -0.0346. The minimum absolute atomic E-state index is 0.00523. The standard InChI is InChI=1S/C22H22Cl2FN3O2/c1-13-12-28(9-10-30-13)18(19-15(23)6-4-7-16(19)25)11-26-22(29)21-20(24)14-5-2-3-8-17(14)27-21/h2-8,13,18,27H,9-12H2,1H3,(H,26,29). The molecule has 8 heteroatoms. The van der Waals surface area contributed by atoms with E-state index in [1.165, 1.54) is 6.07 Å². The van der Waals surface area contributed by atoms with Crippen molar-refractivity contribution in [3.05, 3.63) is 69.6 Å². The van der Waals surface area contributed by atoms with Gasteiger partial charge < -0.3 is 15.0 Å². The van der Waals surface area contributed by atoms with Gasteiger partial charge in [-0.25, -0.2) is 4.39 Å². The number of amides is 1. The molecule has 3 aromatic rings. The van der Waals surface area contributed by atoms with E-state index in [0.29, 0.717) is 35.3 Å². The zero-order valence-electron chi connectivity index (χ0n) is 16.4. The Bertz CT molecular complexity index is 1050. The average Bonchev–Trinajstić information content (AvgIpc) is 3.07. The van der Waals surface area contributed by atoms with Crippen LogP contribution in [0.5, 0.6) is 0 Å². The summed E-state index contributed by atoms with van der Waals surface area (Å²) in [5, 5.41) is 4.38. The predicted octanol–water partition coefficient (Wildman–Crippen LogP) is 4.81. The number of carbonyl (C=O) groups is 1. The molecule has 5 nitrogen and oxygen atoms in total. The number of hydrogen-bond donors (Lipinski definition) is 2. The summed E-state index contributed by atoms with van der Waals surface area (Å²) in [7, 11) is 0. The van der Waals surface area contributed by atoms with Gasteiger partial charge in [0, 0.05) is 41.1 Å². The molecule has 1 aliphatic rings. The molecule has 158 valence electrons. The molecule has 1 aliphatic heterocycles. The van der Waals surface area contributed by atoms with Gasteiger partial charge in [-0.2, -0.15) is 0 Å². The van der Waals surface area contributed by atoms with Gasteiger partial charge in [-0.1, -0.05) is 47.5 Å². The van der Waals surface area contributed by atoms with Gasteiger partial charge in [-0.05, 0) is 25.1 Å². The highest BCUT2D eigenvalue weighted by atomic mass is 35.5. The van der Waals surface area contributed by atoms with Crippen molar-refractivity contribution in [3.8, 4) is 0 Å². The van der Waals surface area contributed by atoms with Gasteiger partial charge >= 0.3 is 0 Å². The first-order valence-corrected chi connectivity index (χ1v) is 10.5. The summed E-state index contributed by atoms with van der Waals surface area (Å²) in [5.74, 6) is -0.750. The van der Waals surface area contributed by atoms with Crippen LogP contribution in [0.25, 0.3) is 10.9 Å². The number of halogens is 3. The third kappa shape index (κ3) is 4.18. The molecule has 2 unspecified atom stereocenters. The van der Waals surface area contributed by atoms with Crippen molar-refractivity contribution in [2.75, 3.05) is 26.2 Å². The maximum absolute atomic E-state index is 14.7. The Morgan fingerprint density at radius 1 is 1.30 bits per heavy atom. The monoisotopic (exact) mass is 449 g/mol. The highest BCUT2D eigenvalue weighted by molar-refractivity contribution is 6.38. The van der Waals surface area contributed by atoms with Crippen molar-refractivity contribution in [1.29, 1.82) is 0 Å². The second kappa shape index (κ2) is 8.94. The number of rotatable bonds is 5. The van der Waals surface area contributed by atoms with Gasteiger partial charge in [-0.3, -0.25) is 9.69 Å². The number of morpholine rings is 1. The predicted molar refractivity (Wildman–Crippen MR) is 117 cm³/mol. The van der Waals surface area contributed by atoms with Crippen molar-refractivity contribution in [2.45, 2.75) is 19.1 Å². The van der Waals surface area contributed by atoms with Crippen LogP contribution in [-0.2, 0) is 4.74 Å². The van der Waals surface area contributed by atoms with Crippen molar-refractivity contribution >= 4 is 40.0 Å². The Morgan fingerprint density at radius 3 is 2.83 bits per heavy atom. The highest BCUT2D eigenvalue weighted by Gasteiger charge is 2.30. The second-order valence-corrected chi connectivity index (χ2v) is 8.18. The largest absolute Gasteiger partial charge is 0.376 e. The van der Waals surface area contributed by atoms with Gasteiger partial charge in [0.05, 0.1) is 23.8 Å². The van der Waals surface area contributed by atoms with Crippen molar-refractivity contribution in [3.63, 3.8) is 0 Å². The van der Waals surface area contributed by atoms with Crippen LogP contribution < -0.4 is 5.32 Å². The number of carbonyl (C=O) groups excluding carboxylic acids is 1. The third-order valence-electron chi connectivity index (χ3n) is 5.37. The fraction of sp³-hybridized carbons (Fsp3) is 0.318. The minimum atomic E-state index is -0.433. The average molecular weight is 450 g/mol. The molecule has 1 fully saturated rings. The number of fused-ring (bicyclic) bond motifs is 1. The number of ether oxygens (including phenoxy) is 1. The molecule has 1 amide bonds. The van der Waals surface area contributed by atoms with Crippen LogP contribution in [0, 0.1) is 5.82 Å². The summed E-state index contributed by atoms with van der Waals surface area (Å²) < 4.78 is 20.3. The molecule has 2 atom stereocenters. The van der Waals surface area contributed by atoms with Crippen LogP contribution in [0.1, 0.15) is 29.0 Å². The highest BCUT2D eigenvalue weighted by Crippen LogP contribution is 2.32. The molecular weight excluding hydrogens is 428 g/mol. The van der Waals surface area contributed by atoms with Crippen LogP contribution in [0.3, 0.4) is 0 Å². The summed E-state index contributed by atoms with van der Waals surface area (Å²) in [6.45, 7) is 3.90. The van der Waals surface area contributed by atoms with Crippen molar-refractivity contribution < 1.29 is 13.9 Å². The van der Waals surface area contributed by atoms with Crippen LogP contribution in [0.4, 0.5) is 4.39 Å². The number of aromatic nitrogens is 1. The van der Waals surface area contributed by atoms with E-state index in [1.54, 1.807) is 12.1 Å². The van der Waals surface area contributed by atoms with Gasteiger partial charge in [0.1, 0.15) is 11.5 Å². The number of hydrogen-bond acceptors (Lipinski definition) is 3. The maximum Gasteiger partial charge on any atom is 0.269 e. The van der Waals surface area contributed by atoms with E-state index in [1.807, 2.05) is 31.2 Å². The van der Waals surface area contributed by atoms with Gasteiger partial charge in [-0.15, -0.1) is 0 Å². The van der Waals surface area contributed by atoms with Crippen molar-refractivity contribution in [2.24, 2.45) is 0 Å². The topological polar surface area (TPSA) is 57.4 Å². The molecule has 1 saturated heterocycles. The fourth-order valence-corrected chi connectivity index (χ4v) is 4.50. The molecule has 2 heterocycles. The molecule has 2 aromatic carbocycles. The number of benzene rings is 2. The summed E-state index contributed by atoms with van der Waals surface area (Å²) >= 11 is 12.8. The lowest BCUT2D eigenvalue weighted by atomic mass is 10.0. The quantitative estimate of drug-likeness (QED) is 0.587. The molecule has 4 rings (SSSR count). The van der Waals surface area contributed by atoms with Crippen LogP contribution in [0.15, 0.2) is 42.5 Å². The fourth-order valence-electron chi connectivity index (χ4n) is 3.91. The van der Waals surface area contributed by atoms with E-state index in [2.05, 4.69) is 15.2 Å². The molecule has 2 N–H and O–H groups in total. The first-order valence-electron chi connectivity index (χ1n) is 9.79. The molecule has 0 bridgehead atoms. The normalized spacial score (nSPS) is 18.5. The third-order valence-corrected chi connectivity index (χ3v) is 6.09. The van der Waals surface area contributed by atoms with E-state index in [0.717, 1.165) is 10.9 Å². The number of aromatic amines is 1. The Labute approximate surface area is 184 Å². The van der Waals surface area contributed by atoms with Crippen molar-refractivity contribution in [1.82, 2.24) is 15.2 Å². The molecule has 0 aliphatic carbocycles. The van der Waals surface area contributed by atoms with Crippen LogP contribution >= 0.6 is 23.2 Å². The first kappa shape index (κ1) is 21.1. The van der Waals surface area contributed by atoms with Crippen LogP contribution in [0.2, 0.25) is 10.0 Å². The van der Waals surface area contributed by atoms with E-state index in [-0.39, 0.29) is 24.2 Å². The zero-order valence-corrected chi connectivity index (χ0v) is 17.9. The van der Waals surface area contributed by atoms with Crippen LogP contribution in [-0.4, -0.2) is 48.1 Å². The summed E-state index contributed by atoms with van der Waals surface area (Å²) in [4.78, 5) is 18.0. The van der Waals surface area contributed by atoms with E-state index >= 15 is 0 Å². The van der Waals surface area contributed by atoms with E-state index in [4.69, 9.17) is 27.9 Å². The summed E-state index contributed by atoms with van der Waals surface area (Å²) in [6, 6.07) is 11.6. The lowest BCUT2D eigenvalue weighted by Crippen LogP contribution is -2.47. The van der Waals surface area contributed by atoms with Gasteiger partial charge in [0.2, 0.25) is 0 Å². The summed E-state index contributed by atoms with van der Waals surface area (Å²) in [6.07, 6.45) is 0.00523. The zero-order chi connectivity index (χ0) is 21.3. The molecule has 1 aromatic heterocycles. The second-order valence-electron chi connectivity index (χ2n) is 7.40. The Kier molecular flexibility index (Phi) is 6.29. The minimum Gasteiger partial charge on any atom is -0.376 e.